The molecule has 0 saturated carbocycles. The first-order chi connectivity index (χ1) is 12.9. The molecule has 5 nitrogen and oxygen atoms in total. The van der Waals surface area contributed by atoms with Crippen LogP contribution in [-0.4, -0.2) is 28.9 Å². The summed E-state index contributed by atoms with van der Waals surface area (Å²) in [6.45, 7) is 5.78. The zero-order valence-electron chi connectivity index (χ0n) is 15.9. The highest BCUT2D eigenvalue weighted by molar-refractivity contribution is 5.98. The number of nitrogens with one attached hydrogen (secondary N) is 3. The first kappa shape index (κ1) is 18.7. The summed E-state index contributed by atoms with van der Waals surface area (Å²) in [5.74, 6) is -0.436. The molecular weight excluding hydrogens is 338 g/mol. The Labute approximate surface area is 159 Å². The van der Waals surface area contributed by atoms with Gasteiger partial charge in [-0.05, 0) is 44.5 Å². The van der Waals surface area contributed by atoms with Gasteiger partial charge in [-0.3, -0.25) is 9.59 Å². The van der Waals surface area contributed by atoms with Crippen molar-refractivity contribution in [3.05, 3.63) is 71.4 Å². The highest BCUT2D eigenvalue weighted by Crippen LogP contribution is 2.19. The van der Waals surface area contributed by atoms with E-state index in [1.54, 1.807) is 12.1 Å². The second-order valence-electron chi connectivity index (χ2n) is 7.12. The van der Waals surface area contributed by atoms with Gasteiger partial charge in [0.15, 0.2) is 0 Å². The molecule has 2 amide bonds. The molecule has 1 heterocycles. The Kier molecular flexibility index (Phi) is 5.60. The molecule has 1 aromatic heterocycles. The molecule has 0 aliphatic rings. The monoisotopic (exact) mass is 363 g/mol. The largest absolute Gasteiger partial charge is 0.361 e. The van der Waals surface area contributed by atoms with E-state index in [0.29, 0.717) is 12.0 Å². The topological polar surface area (TPSA) is 74.0 Å². The molecule has 3 rings (SSSR count). The van der Waals surface area contributed by atoms with Crippen LogP contribution in [0, 0.1) is 6.92 Å². The molecule has 27 heavy (non-hydrogen) atoms. The quantitative estimate of drug-likeness (QED) is 0.628. The molecule has 1 atom stereocenters. The van der Waals surface area contributed by atoms with Gasteiger partial charge in [0.25, 0.3) is 5.91 Å². The molecule has 0 aliphatic heterocycles. The minimum Gasteiger partial charge on any atom is -0.361 e. The van der Waals surface area contributed by atoms with E-state index in [2.05, 4.69) is 15.6 Å². The Balaban J connectivity index is 1.83. The van der Waals surface area contributed by atoms with Gasteiger partial charge in [0.2, 0.25) is 5.91 Å². The molecule has 0 saturated heterocycles. The van der Waals surface area contributed by atoms with Gasteiger partial charge in [-0.1, -0.05) is 35.9 Å². The molecule has 2 aromatic carbocycles. The van der Waals surface area contributed by atoms with E-state index < -0.39 is 6.04 Å². The lowest BCUT2D eigenvalue weighted by molar-refractivity contribution is -0.123. The zero-order valence-corrected chi connectivity index (χ0v) is 15.9. The molecule has 3 N–H and O–H groups in total. The van der Waals surface area contributed by atoms with Crippen molar-refractivity contribution in [3.8, 4) is 0 Å². The van der Waals surface area contributed by atoms with Crippen LogP contribution < -0.4 is 10.6 Å². The van der Waals surface area contributed by atoms with Gasteiger partial charge in [0, 0.05) is 35.1 Å². The number of para-hydroxylation sites is 1. The fourth-order valence-corrected chi connectivity index (χ4v) is 3.06. The van der Waals surface area contributed by atoms with E-state index in [1.807, 2.05) is 63.4 Å². The van der Waals surface area contributed by atoms with Crippen molar-refractivity contribution in [3.63, 3.8) is 0 Å². The summed E-state index contributed by atoms with van der Waals surface area (Å²) in [4.78, 5) is 28.6. The van der Waals surface area contributed by atoms with Gasteiger partial charge in [0.05, 0.1) is 0 Å². The summed E-state index contributed by atoms with van der Waals surface area (Å²) in [7, 11) is 0. The van der Waals surface area contributed by atoms with Gasteiger partial charge in [-0.25, -0.2) is 0 Å². The predicted molar refractivity (Wildman–Crippen MR) is 108 cm³/mol. The lowest BCUT2D eigenvalue weighted by atomic mass is 10.0. The number of hydrogen-bond donors (Lipinski definition) is 3. The van der Waals surface area contributed by atoms with Gasteiger partial charge < -0.3 is 15.6 Å². The number of carbonyl (C=O) groups is 2. The fraction of sp³-hybridized carbons (Fsp3) is 0.273. The smallest absolute Gasteiger partial charge is 0.251 e. The lowest BCUT2D eigenvalue weighted by Gasteiger charge is -2.20. The molecule has 5 heteroatoms. The first-order valence-corrected chi connectivity index (χ1v) is 9.17. The number of aromatic nitrogens is 1. The van der Waals surface area contributed by atoms with E-state index in [0.717, 1.165) is 22.0 Å². The number of fused-ring (bicyclic) bond motifs is 1. The highest BCUT2D eigenvalue weighted by atomic mass is 16.2. The number of rotatable bonds is 6. The van der Waals surface area contributed by atoms with Crippen molar-refractivity contribution in [2.24, 2.45) is 0 Å². The van der Waals surface area contributed by atoms with E-state index >= 15 is 0 Å². The van der Waals surface area contributed by atoms with Crippen LogP contribution in [0.25, 0.3) is 10.9 Å². The molecule has 0 fully saturated rings. The van der Waals surface area contributed by atoms with Crippen molar-refractivity contribution in [1.29, 1.82) is 0 Å². The van der Waals surface area contributed by atoms with E-state index in [1.165, 1.54) is 0 Å². The van der Waals surface area contributed by atoms with E-state index in [4.69, 9.17) is 0 Å². The highest BCUT2D eigenvalue weighted by Gasteiger charge is 2.23. The average molecular weight is 363 g/mol. The Morgan fingerprint density at radius 3 is 2.41 bits per heavy atom. The van der Waals surface area contributed by atoms with Crippen molar-refractivity contribution in [2.75, 3.05) is 0 Å². The standard InChI is InChI=1S/C22H25N3O2/c1-14(2)24-22(27)20(25-21(26)16-10-8-15(3)9-11-16)12-17-13-23-19-7-5-4-6-18(17)19/h4-11,13-14,20,23H,12H2,1-3H3,(H,24,27)(H,25,26)/t20-/m0/s1. The number of amides is 2. The van der Waals surface area contributed by atoms with Crippen molar-refractivity contribution >= 4 is 22.7 Å². The van der Waals surface area contributed by atoms with Gasteiger partial charge >= 0.3 is 0 Å². The van der Waals surface area contributed by atoms with Gasteiger partial charge in [-0.2, -0.15) is 0 Å². The minimum absolute atomic E-state index is 0.000698. The number of benzene rings is 2. The number of aromatic amines is 1. The number of carbonyl (C=O) groups excluding carboxylic acids is 2. The molecular formula is C22H25N3O2. The third kappa shape index (κ3) is 4.56. The summed E-state index contributed by atoms with van der Waals surface area (Å²) in [5.41, 5.74) is 3.64. The van der Waals surface area contributed by atoms with Crippen LogP contribution in [0.3, 0.4) is 0 Å². The lowest BCUT2D eigenvalue weighted by Crippen LogP contribution is -2.49. The third-order valence-corrected chi connectivity index (χ3v) is 4.47. The average Bonchev–Trinajstić information content (AvgIpc) is 3.04. The number of H-pyrrole nitrogens is 1. The SMILES string of the molecule is Cc1ccc(C(=O)N[C@@H](Cc2c[nH]c3ccccc23)C(=O)NC(C)C)cc1. The van der Waals surface area contributed by atoms with Crippen molar-refractivity contribution < 1.29 is 9.59 Å². The van der Waals surface area contributed by atoms with E-state index in [9.17, 15) is 9.59 Å². The van der Waals surface area contributed by atoms with Crippen molar-refractivity contribution in [1.82, 2.24) is 15.6 Å². The normalized spacial score (nSPS) is 12.1. The Morgan fingerprint density at radius 1 is 1.00 bits per heavy atom. The molecule has 140 valence electrons. The van der Waals surface area contributed by atoms with Crippen LogP contribution in [-0.2, 0) is 11.2 Å². The summed E-state index contributed by atoms with van der Waals surface area (Å²) in [6, 6.07) is 14.6. The first-order valence-electron chi connectivity index (χ1n) is 9.17. The molecule has 0 bridgehead atoms. The zero-order chi connectivity index (χ0) is 19.4. The summed E-state index contributed by atoms with van der Waals surface area (Å²) in [6.07, 6.45) is 2.32. The van der Waals surface area contributed by atoms with Crippen LogP contribution in [0.1, 0.15) is 35.3 Å². The van der Waals surface area contributed by atoms with Crippen LogP contribution in [0.15, 0.2) is 54.7 Å². The second-order valence-corrected chi connectivity index (χ2v) is 7.12. The Hall–Kier alpha value is -3.08. The fourth-order valence-electron chi connectivity index (χ4n) is 3.06. The van der Waals surface area contributed by atoms with Gasteiger partial charge in [0.1, 0.15) is 6.04 Å². The molecule has 0 aliphatic carbocycles. The summed E-state index contributed by atoms with van der Waals surface area (Å²) < 4.78 is 0. The molecule has 0 spiro atoms. The number of hydrogen-bond acceptors (Lipinski definition) is 2. The van der Waals surface area contributed by atoms with Crippen LogP contribution in [0.2, 0.25) is 0 Å². The van der Waals surface area contributed by atoms with Gasteiger partial charge in [-0.15, -0.1) is 0 Å². The summed E-state index contributed by atoms with van der Waals surface area (Å²) in [5, 5.41) is 6.86. The van der Waals surface area contributed by atoms with Crippen LogP contribution in [0.5, 0.6) is 0 Å². The van der Waals surface area contributed by atoms with Crippen LogP contribution in [0.4, 0.5) is 0 Å². The Morgan fingerprint density at radius 2 is 1.70 bits per heavy atom. The molecule has 0 unspecified atom stereocenters. The maximum atomic E-state index is 12.7. The maximum absolute atomic E-state index is 12.7. The molecule has 0 radical (unpaired) electrons. The van der Waals surface area contributed by atoms with Crippen molar-refractivity contribution in [2.45, 2.75) is 39.3 Å². The van der Waals surface area contributed by atoms with Crippen LogP contribution >= 0.6 is 0 Å². The van der Waals surface area contributed by atoms with E-state index in [-0.39, 0.29) is 17.9 Å². The third-order valence-electron chi connectivity index (χ3n) is 4.47. The second kappa shape index (κ2) is 8.08. The molecule has 3 aromatic rings. The summed E-state index contributed by atoms with van der Waals surface area (Å²) >= 11 is 0. The Bertz CT molecular complexity index is 942. The number of aryl methyl sites for hydroxylation is 1. The minimum atomic E-state index is -0.652. The predicted octanol–water partition coefficient (Wildman–Crippen LogP) is 3.34. The maximum Gasteiger partial charge on any atom is 0.251 e.